The lowest BCUT2D eigenvalue weighted by molar-refractivity contribution is 0.283. The average Bonchev–Trinajstić information content (AvgIpc) is 2.68. The molecule has 1 aromatic carbocycles. The molecule has 0 saturated heterocycles. The van der Waals surface area contributed by atoms with Crippen molar-refractivity contribution >= 4 is 5.84 Å². The summed E-state index contributed by atoms with van der Waals surface area (Å²) in [6.07, 6.45) is 0.00343. The van der Waals surface area contributed by atoms with Crippen LogP contribution in [0.3, 0.4) is 0 Å². The number of rotatable bonds is 3. The van der Waals surface area contributed by atoms with Crippen LogP contribution >= 0.6 is 0 Å². The molecular formula is C13H18N2O. The molecule has 0 bridgehead atoms. The standard InChI is InChI=1S/C13H18N2O/c1-9-6-10(2)8-12(7-9)16-11(3)13-14-4-5-15-13/h6-8,11H,4-5H2,1-3H3,(H,14,15). The van der Waals surface area contributed by atoms with Gasteiger partial charge in [0.25, 0.3) is 0 Å². The summed E-state index contributed by atoms with van der Waals surface area (Å²) in [5.74, 6) is 1.88. The molecule has 1 aromatic rings. The van der Waals surface area contributed by atoms with E-state index in [2.05, 4.69) is 42.4 Å². The fourth-order valence-corrected chi connectivity index (χ4v) is 1.95. The van der Waals surface area contributed by atoms with E-state index in [-0.39, 0.29) is 6.10 Å². The lowest BCUT2D eigenvalue weighted by Crippen LogP contribution is -2.33. The van der Waals surface area contributed by atoms with E-state index in [4.69, 9.17) is 4.74 Å². The molecule has 1 unspecified atom stereocenters. The van der Waals surface area contributed by atoms with Crippen LogP contribution in [0.15, 0.2) is 23.2 Å². The first-order valence-electron chi connectivity index (χ1n) is 5.68. The molecule has 0 spiro atoms. The summed E-state index contributed by atoms with van der Waals surface area (Å²) in [5, 5.41) is 3.23. The first-order chi connectivity index (χ1) is 7.65. The van der Waals surface area contributed by atoms with E-state index < -0.39 is 0 Å². The van der Waals surface area contributed by atoms with Crippen LogP contribution in [-0.4, -0.2) is 25.0 Å². The molecule has 16 heavy (non-hydrogen) atoms. The minimum Gasteiger partial charge on any atom is -0.483 e. The number of nitrogens with zero attached hydrogens (tertiary/aromatic N) is 1. The fourth-order valence-electron chi connectivity index (χ4n) is 1.95. The molecule has 3 nitrogen and oxygen atoms in total. The Morgan fingerprint density at radius 3 is 2.50 bits per heavy atom. The number of hydrogen-bond donors (Lipinski definition) is 1. The summed E-state index contributed by atoms with van der Waals surface area (Å²) >= 11 is 0. The normalized spacial score (nSPS) is 16.6. The van der Waals surface area contributed by atoms with E-state index in [0.29, 0.717) is 0 Å². The third-order valence-electron chi connectivity index (χ3n) is 2.59. The van der Waals surface area contributed by atoms with Crippen molar-refractivity contribution in [3.8, 4) is 5.75 Å². The van der Waals surface area contributed by atoms with Crippen molar-refractivity contribution in [2.75, 3.05) is 13.1 Å². The van der Waals surface area contributed by atoms with Gasteiger partial charge in [0.2, 0.25) is 0 Å². The molecule has 0 aliphatic carbocycles. The SMILES string of the molecule is Cc1cc(C)cc(OC(C)C2=NCCN2)c1. The van der Waals surface area contributed by atoms with Gasteiger partial charge in [-0.25, -0.2) is 0 Å². The maximum absolute atomic E-state index is 5.87. The summed E-state index contributed by atoms with van der Waals surface area (Å²) in [4.78, 5) is 4.36. The predicted molar refractivity (Wildman–Crippen MR) is 66.3 cm³/mol. The average molecular weight is 218 g/mol. The summed E-state index contributed by atoms with van der Waals surface area (Å²) in [6.45, 7) is 7.96. The Kier molecular flexibility index (Phi) is 3.13. The van der Waals surface area contributed by atoms with Crippen LogP contribution in [0.1, 0.15) is 18.1 Å². The first-order valence-corrected chi connectivity index (χ1v) is 5.68. The Morgan fingerprint density at radius 2 is 1.94 bits per heavy atom. The lowest BCUT2D eigenvalue weighted by Gasteiger charge is -2.16. The second kappa shape index (κ2) is 4.56. The Bertz CT molecular complexity index is 392. The highest BCUT2D eigenvalue weighted by atomic mass is 16.5. The molecule has 0 fully saturated rings. The van der Waals surface area contributed by atoms with Crippen LogP contribution in [0.2, 0.25) is 0 Å². The number of amidine groups is 1. The fraction of sp³-hybridized carbons (Fsp3) is 0.462. The zero-order valence-electron chi connectivity index (χ0n) is 10.1. The van der Waals surface area contributed by atoms with Crippen LogP contribution < -0.4 is 10.1 Å². The van der Waals surface area contributed by atoms with Crippen molar-refractivity contribution < 1.29 is 4.74 Å². The minimum atomic E-state index is 0.00343. The van der Waals surface area contributed by atoms with Gasteiger partial charge in [0.15, 0.2) is 6.10 Å². The Morgan fingerprint density at radius 1 is 1.25 bits per heavy atom. The van der Waals surface area contributed by atoms with E-state index in [0.717, 1.165) is 24.7 Å². The van der Waals surface area contributed by atoms with E-state index >= 15 is 0 Å². The van der Waals surface area contributed by atoms with Crippen LogP contribution in [0.4, 0.5) is 0 Å². The molecule has 1 aliphatic rings. The number of ether oxygens (including phenoxy) is 1. The van der Waals surface area contributed by atoms with Crippen molar-refractivity contribution in [3.63, 3.8) is 0 Å². The van der Waals surface area contributed by atoms with Crippen LogP contribution in [0.5, 0.6) is 5.75 Å². The van der Waals surface area contributed by atoms with Gasteiger partial charge in [-0.15, -0.1) is 0 Å². The quantitative estimate of drug-likeness (QED) is 0.842. The van der Waals surface area contributed by atoms with Crippen molar-refractivity contribution in [1.82, 2.24) is 5.32 Å². The highest BCUT2D eigenvalue weighted by Gasteiger charge is 2.15. The van der Waals surface area contributed by atoms with E-state index in [1.165, 1.54) is 11.1 Å². The van der Waals surface area contributed by atoms with Gasteiger partial charge in [0.1, 0.15) is 11.6 Å². The topological polar surface area (TPSA) is 33.6 Å². The molecule has 1 aliphatic heterocycles. The number of aliphatic imine (C=N–C) groups is 1. The molecule has 0 amide bonds. The van der Waals surface area contributed by atoms with E-state index in [1.807, 2.05) is 6.92 Å². The molecule has 1 atom stereocenters. The number of aryl methyl sites for hydroxylation is 2. The molecule has 1 N–H and O–H groups in total. The summed E-state index contributed by atoms with van der Waals surface area (Å²) in [5.41, 5.74) is 2.45. The Balaban J connectivity index is 2.08. The maximum atomic E-state index is 5.87. The second-order valence-corrected chi connectivity index (χ2v) is 4.28. The zero-order valence-corrected chi connectivity index (χ0v) is 10.1. The van der Waals surface area contributed by atoms with Crippen LogP contribution in [0.25, 0.3) is 0 Å². The van der Waals surface area contributed by atoms with Crippen molar-refractivity contribution in [2.24, 2.45) is 4.99 Å². The lowest BCUT2D eigenvalue weighted by atomic mass is 10.1. The molecule has 2 rings (SSSR count). The van der Waals surface area contributed by atoms with E-state index in [9.17, 15) is 0 Å². The highest BCUT2D eigenvalue weighted by molar-refractivity contribution is 5.87. The largest absolute Gasteiger partial charge is 0.483 e. The third kappa shape index (κ3) is 2.54. The predicted octanol–water partition coefficient (Wildman–Crippen LogP) is 2.07. The summed E-state index contributed by atoms with van der Waals surface area (Å²) in [7, 11) is 0. The zero-order chi connectivity index (χ0) is 11.5. The van der Waals surface area contributed by atoms with Gasteiger partial charge >= 0.3 is 0 Å². The Labute approximate surface area is 96.5 Å². The summed E-state index contributed by atoms with van der Waals surface area (Å²) in [6, 6.07) is 6.25. The van der Waals surface area contributed by atoms with Crippen molar-refractivity contribution in [1.29, 1.82) is 0 Å². The van der Waals surface area contributed by atoms with Gasteiger partial charge in [0, 0.05) is 6.54 Å². The first kappa shape index (κ1) is 11.0. The van der Waals surface area contributed by atoms with Gasteiger partial charge in [-0.1, -0.05) is 6.07 Å². The molecule has 86 valence electrons. The van der Waals surface area contributed by atoms with E-state index in [1.54, 1.807) is 0 Å². The molecule has 0 saturated carbocycles. The molecule has 0 aromatic heterocycles. The Hall–Kier alpha value is -1.51. The van der Waals surface area contributed by atoms with Gasteiger partial charge < -0.3 is 10.1 Å². The number of nitrogens with one attached hydrogen (secondary N) is 1. The van der Waals surface area contributed by atoms with Gasteiger partial charge in [-0.05, 0) is 44.0 Å². The molecular weight excluding hydrogens is 200 g/mol. The second-order valence-electron chi connectivity index (χ2n) is 4.28. The number of benzene rings is 1. The maximum Gasteiger partial charge on any atom is 0.152 e. The molecule has 0 radical (unpaired) electrons. The highest BCUT2D eigenvalue weighted by Crippen LogP contribution is 2.17. The monoisotopic (exact) mass is 218 g/mol. The van der Waals surface area contributed by atoms with Gasteiger partial charge in [-0.3, -0.25) is 4.99 Å². The summed E-state index contributed by atoms with van der Waals surface area (Å²) < 4.78 is 5.87. The third-order valence-corrected chi connectivity index (χ3v) is 2.59. The minimum absolute atomic E-state index is 0.00343. The van der Waals surface area contributed by atoms with Gasteiger partial charge in [-0.2, -0.15) is 0 Å². The van der Waals surface area contributed by atoms with Gasteiger partial charge in [0.05, 0.1) is 6.54 Å². The number of hydrogen-bond acceptors (Lipinski definition) is 3. The van der Waals surface area contributed by atoms with Crippen LogP contribution in [-0.2, 0) is 0 Å². The van der Waals surface area contributed by atoms with Crippen molar-refractivity contribution in [3.05, 3.63) is 29.3 Å². The molecule has 3 heteroatoms. The van der Waals surface area contributed by atoms with Crippen LogP contribution in [0, 0.1) is 13.8 Å². The molecule has 1 heterocycles. The smallest absolute Gasteiger partial charge is 0.152 e. The van der Waals surface area contributed by atoms with Crippen molar-refractivity contribution in [2.45, 2.75) is 26.9 Å².